The van der Waals surface area contributed by atoms with Gasteiger partial charge in [-0.1, -0.05) is 30.3 Å². The number of amides is 1. The van der Waals surface area contributed by atoms with Gasteiger partial charge < -0.3 is 14.5 Å². The van der Waals surface area contributed by atoms with Gasteiger partial charge in [-0.2, -0.15) is 0 Å². The van der Waals surface area contributed by atoms with E-state index < -0.39 is 0 Å². The standard InChI is InChI=1S/C20H30N2O2/c1-21(2)14-19-15-22(12-13-24-19)20(23)18-10-8-17(9-11-18)16-6-4-3-5-7-16/h3-7,17-19H,8-15H2,1-2H3. The zero-order valence-corrected chi connectivity index (χ0v) is 15.0. The molecule has 4 heteroatoms. The lowest BCUT2D eigenvalue weighted by atomic mass is 9.78. The van der Waals surface area contributed by atoms with Crippen LogP contribution in [0.2, 0.25) is 0 Å². The van der Waals surface area contributed by atoms with Gasteiger partial charge >= 0.3 is 0 Å². The van der Waals surface area contributed by atoms with Crippen LogP contribution in [0, 0.1) is 5.92 Å². The molecule has 0 spiro atoms. The van der Waals surface area contributed by atoms with Crippen molar-refractivity contribution in [3.63, 3.8) is 0 Å². The van der Waals surface area contributed by atoms with E-state index in [-0.39, 0.29) is 12.0 Å². The topological polar surface area (TPSA) is 32.8 Å². The van der Waals surface area contributed by atoms with Gasteiger partial charge in [-0.25, -0.2) is 0 Å². The fourth-order valence-corrected chi connectivity index (χ4v) is 4.09. The lowest BCUT2D eigenvalue weighted by Crippen LogP contribution is -2.50. The van der Waals surface area contributed by atoms with Gasteiger partial charge in [-0.15, -0.1) is 0 Å². The van der Waals surface area contributed by atoms with Crippen LogP contribution in [0.25, 0.3) is 0 Å². The molecule has 1 atom stereocenters. The number of carbonyl (C=O) groups excluding carboxylic acids is 1. The Kier molecular flexibility index (Phi) is 5.90. The lowest BCUT2D eigenvalue weighted by molar-refractivity contribution is -0.144. The molecule has 1 amide bonds. The Labute approximate surface area is 145 Å². The van der Waals surface area contributed by atoms with E-state index in [1.807, 2.05) is 4.90 Å². The van der Waals surface area contributed by atoms with E-state index in [1.54, 1.807) is 0 Å². The molecule has 1 saturated heterocycles. The van der Waals surface area contributed by atoms with Crippen molar-refractivity contribution in [2.45, 2.75) is 37.7 Å². The van der Waals surface area contributed by atoms with Gasteiger partial charge in [0.25, 0.3) is 0 Å². The summed E-state index contributed by atoms with van der Waals surface area (Å²) in [4.78, 5) is 17.1. The summed E-state index contributed by atoms with van der Waals surface area (Å²) in [5.41, 5.74) is 1.43. The molecule has 1 aromatic rings. The Balaban J connectivity index is 1.51. The lowest BCUT2D eigenvalue weighted by Gasteiger charge is -2.37. The molecule has 1 aromatic carbocycles. The summed E-state index contributed by atoms with van der Waals surface area (Å²) in [5, 5.41) is 0. The number of morpholine rings is 1. The van der Waals surface area contributed by atoms with Gasteiger partial charge in [-0.05, 0) is 51.3 Å². The second-order valence-electron chi connectivity index (χ2n) is 7.50. The summed E-state index contributed by atoms with van der Waals surface area (Å²) in [6, 6.07) is 10.7. The SMILES string of the molecule is CN(C)CC1CN(C(=O)C2CCC(c3ccccc3)CC2)CCO1. The first kappa shape index (κ1) is 17.4. The third kappa shape index (κ3) is 4.37. The molecule has 24 heavy (non-hydrogen) atoms. The second kappa shape index (κ2) is 8.13. The number of hydrogen-bond donors (Lipinski definition) is 0. The van der Waals surface area contributed by atoms with Crippen molar-refractivity contribution in [1.82, 2.24) is 9.80 Å². The average Bonchev–Trinajstić information content (AvgIpc) is 2.62. The molecule has 1 saturated carbocycles. The Morgan fingerprint density at radius 2 is 1.88 bits per heavy atom. The van der Waals surface area contributed by atoms with Gasteiger partial charge in [0.1, 0.15) is 0 Å². The number of rotatable bonds is 4. The van der Waals surface area contributed by atoms with E-state index in [9.17, 15) is 4.79 Å². The van der Waals surface area contributed by atoms with Crippen LogP contribution in [-0.4, -0.2) is 62.1 Å². The van der Waals surface area contributed by atoms with Crippen LogP contribution in [0.3, 0.4) is 0 Å². The fraction of sp³-hybridized carbons (Fsp3) is 0.650. The number of ether oxygens (including phenoxy) is 1. The number of carbonyl (C=O) groups is 1. The number of benzene rings is 1. The van der Waals surface area contributed by atoms with E-state index in [0.717, 1.165) is 45.3 Å². The molecular weight excluding hydrogens is 300 g/mol. The Morgan fingerprint density at radius 3 is 2.54 bits per heavy atom. The minimum atomic E-state index is 0.151. The molecule has 1 aliphatic heterocycles. The predicted molar refractivity (Wildman–Crippen MR) is 96.0 cm³/mol. The zero-order valence-electron chi connectivity index (χ0n) is 15.0. The summed E-state index contributed by atoms with van der Waals surface area (Å²) in [7, 11) is 4.10. The Hall–Kier alpha value is -1.39. The minimum Gasteiger partial charge on any atom is -0.373 e. The van der Waals surface area contributed by atoms with E-state index >= 15 is 0 Å². The van der Waals surface area contributed by atoms with Gasteiger partial charge in [0.15, 0.2) is 0 Å². The molecular formula is C20H30N2O2. The van der Waals surface area contributed by atoms with Crippen LogP contribution >= 0.6 is 0 Å². The summed E-state index contributed by atoms with van der Waals surface area (Å²) in [5.74, 6) is 1.19. The Morgan fingerprint density at radius 1 is 1.17 bits per heavy atom. The molecule has 1 unspecified atom stereocenters. The van der Waals surface area contributed by atoms with Crippen LogP contribution in [0.5, 0.6) is 0 Å². The highest BCUT2D eigenvalue weighted by Gasteiger charge is 2.32. The first-order valence-corrected chi connectivity index (χ1v) is 9.23. The van der Waals surface area contributed by atoms with Gasteiger partial charge in [-0.3, -0.25) is 4.79 Å². The van der Waals surface area contributed by atoms with Crippen LogP contribution < -0.4 is 0 Å². The van der Waals surface area contributed by atoms with Gasteiger partial charge in [0, 0.05) is 25.6 Å². The normalized spacial score (nSPS) is 28.1. The number of nitrogens with zero attached hydrogens (tertiary/aromatic N) is 2. The van der Waals surface area contributed by atoms with Crippen molar-refractivity contribution < 1.29 is 9.53 Å². The third-order valence-electron chi connectivity index (χ3n) is 5.37. The van der Waals surface area contributed by atoms with E-state index in [4.69, 9.17) is 4.74 Å². The molecule has 2 aliphatic rings. The van der Waals surface area contributed by atoms with Crippen molar-refractivity contribution in [2.24, 2.45) is 5.92 Å². The van der Waals surface area contributed by atoms with E-state index in [1.165, 1.54) is 5.56 Å². The largest absolute Gasteiger partial charge is 0.373 e. The monoisotopic (exact) mass is 330 g/mol. The van der Waals surface area contributed by atoms with Crippen LogP contribution in [0.1, 0.15) is 37.2 Å². The Bertz CT molecular complexity index is 524. The highest BCUT2D eigenvalue weighted by molar-refractivity contribution is 5.79. The van der Waals surface area contributed by atoms with Crippen LogP contribution in [0.15, 0.2) is 30.3 Å². The zero-order chi connectivity index (χ0) is 16.9. The average molecular weight is 330 g/mol. The highest BCUT2D eigenvalue weighted by Crippen LogP contribution is 2.36. The highest BCUT2D eigenvalue weighted by atomic mass is 16.5. The molecule has 2 fully saturated rings. The number of likely N-dealkylation sites (N-methyl/N-ethyl adjacent to an activating group) is 1. The summed E-state index contributed by atoms with van der Waals surface area (Å²) in [6.07, 6.45) is 4.46. The maximum absolute atomic E-state index is 12.9. The van der Waals surface area contributed by atoms with Gasteiger partial charge in [0.2, 0.25) is 5.91 Å². The first-order valence-electron chi connectivity index (χ1n) is 9.23. The molecule has 0 radical (unpaired) electrons. The third-order valence-corrected chi connectivity index (χ3v) is 5.37. The van der Waals surface area contributed by atoms with Crippen molar-refractivity contribution in [2.75, 3.05) is 40.3 Å². The molecule has 132 valence electrons. The van der Waals surface area contributed by atoms with Crippen molar-refractivity contribution in [1.29, 1.82) is 0 Å². The molecule has 0 aromatic heterocycles. The predicted octanol–water partition coefficient (Wildman–Crippen LogP) is 2.75. The second-order valence-corrected chi connectivity index (χ2v) is 7.50. The van der Waals surface area contributed by atoms with Crippen molar-refractivity contribution in [3.05, 3.63) is 35.9 Å². The summed E-state index contributed by atoms with van der Waals surface area (Å²) < 4.78 is 5.80. The van der Waals surface area contributed by atoms with Crippen molar-refractivity contribution in [3.8, 4) is 0 Å². The maximum atomic E-state index is 12.9. The summed E-state index contributed by atoms with van der Waals surface area (Å²) in [6.45, 7) is 3.05. The quantitative estimate of drug-likeness (QED) is 0.851. The van der Waals surface area contributed by atoms with E-state index in [0.29, 0.717) is 18.4 Å². The first-order chi connectivity index (χ1) is 11.6. The summed E-state index contributed by atoms with van der Waals surface area (Å²) >= 11 is 0. The molecule has 0 N–H and O–H groups in total. The minimum absolute atomic E-state index is 0.151. The van der Waals surface area contributed by atoms with Crippen LogP contribution in [0.4, 0.5) is 0 Å². The molecule has 1 aliphatic carbocycles. The maximum Gasteiger partial charge on any atom is 0.225 e. The van der Waals surface area contributed by atoms with Crippen molar-refractivity contribution >= 4 is 5.91 Å². The van der Waals surface area contributed by atoms with Crippen LogP contribution in [-0.2, 0) is 9.53 Å². The smallest absolute Gasteiger partial charge is 0.225 e. The fourth-order valence-electron chi connectivity index (χ4n) is 4.09. The number of hydrogen-bond acceptors (Lipinski definition) is 3. The molecule has 1 heterocycles. The van der Waals surface area contributed by atoms with Gasteiger partial charge in [0.05, 0.1) is 12.7 Å². The molecule has 0 bridgehead atoms. The molecule has 3 rings (SSSR count). The molecule has 4 nitrogen and oxygen atoms in total. The van der Waals surface area contributed by atoms with E-state index in [2.05, 4.69) is 49.3 Å².